The van der Waals surface area contributed by atoms with Crippen LogP contribution in [0.4, 0.5) is 11.4 Å². The van der Waals surface area contributed by atoms with Gasteiger partial charge in [0, 0.05) is 11.4 Å². The molecule has 2 N–H and O–H groups in total. The highest BCUT2D eigenvalue weighted by Crippen LogP contribution is 2.18. The molecule has 0 aromatic heterocycles. The highest BCUT2D eigenvalue weighted by atomic mass is 32.1. The van der Waals surface area contributed by atoms with Crippen molar-refractivity contribution in [3.05, 3.63) is 59.2 Å². The van der Waals surface area contributed by atoms with E-state index in [0.717, 1.165) is 16.9 Å². The van der Waals surface area contributed by atoms with Gasteiger partial charge in [-0.15, -0.1) is 0 Å². The molecule has 0 saturated heterocycles. The Balaban J connectivity index is 2.03. The molecule has 0 aliphatic rings. The number of carbonyl (C=O) groups excluding carboxylic acids is 1. The Kier molecular flexibility index (Phi) is 5.12. The van der Waals surface area contributed by atoms with Crippen LogP contribution in [-0.2, 0) is 4.74 Å². The van der Waals surface area contributed by atoms with E-state index in [1.54, 1.807) is 24.3 Å². The Morgan fingerprint density at radius 3 is 2.36 bits per heavy atom. The summed E-state index contributed by atoms with van der Waals surface area (Å²) in [6, 6.07) is 13.0. The van der Waals surface area contributed by atoms with Crippen LogP contribution in [0.3, 0.4) is 0 Å². The number of thiocarbonyl (C=S) groups is 1. The monoisotopic (exact) mass is 314 g/mol. The Hall–Kier alpha value is -2.40. The van der Waals surface area contributed by atoms with Crippen LogP contribution < -0.4 is 10.6 Å². The minimum Gasteiger partial charge on any atom is -0.465 e. The van der Waals surface area contributed by atoms with Gasteiger partial charge in [-0.3, -0.25) is 0 Å². The largest absolute Gasteiger partial charge is 0.465 e. The summed E-state index contributed by atoms with van der Waals surface area (Å²) in [6.45, 7) is 4.11. The van der Waals surface area contributed by atoms with E-state index in [2.05, 4.69) is 28.4 Å². The van der Waals surface area contributed by atoms with Gasteiger partial charge in [-0.1, -0.05) is 12.1 Å². The molecule has 0 radical (unpaired) electrons. The van der Waals surface area contributed by atoms with Crippen molar-refractivity contribution in [3.63, 3.8) is 0 Å². The molecule has 0 unspecified atom stereocenters. The van der Waals surface area contributed by atoms with Gasteiger partial charge >= 0.3 is 5.97 Å². The number of methoxy groups -OCH3 is 1. The normalized spacial score (nSPS) is 9.95. The van der Waals surface area contributed by atoms with Crippen LogP contribution in [-0.4, -0.2) is 18.2 Å². The fourth-order valence-electron chi connectivity index (χ4n) is 1.98. The molecule has 0 spiro atoms. The van der Waals surface area contributed by atoms with Gasteiger partial charge < -0.3 is 15.4 Å². The molecule has 0 aliphatic carbocycles. The van der Waals surface area contributed by atoms with Crippen molar-refractivity contribution in [3.8, 4) is 0 Å². The first-order chi connectivity index (χ1) is 10.5. The number of ether oxygens (including phenoxy) is 1. The average Bonchev–Trinajstić information content (AvgIpc) is 2.52. The Bertz CT molecular complexity index is 696. The van der Waals surface area contributed by atoms with Crippen molar-refractivity contribution in [2.45, 2.75) is 13.8 Å². The lowest BCUT2D eigenvalue weighted by atomic mass is 10.1. The van der Waals surface area contributed by atoms with Crippen molar-refractivity contribution >= 4 is 34.7 Å². The van der Waals surface area contributed by atoms with Crippen LogP contribution in [0, 0.1) is 13.8 Å². The SMILES string of the molecule is COC(=O)c1ccc(NC(=S)Nc2cccc(C)c2C)cc1. The molecule has 22 heavy (non-hydrogen) atoms. The lowest BCUT2D eigenvalue weighted by Gasteiger charge is -2.14. The summed E-state index contributed by atoms with van der Waals surface area (Å²) in [5.74, 6) is -0.359. The lowest BCUT2D eigenvalue weighted by Crippen LogP contribution is -2.19. The van der Waals surface area contributed by atoms with Crippen molar-refractivity contribution in [1.29, 1.82) is 0 Å². The van der Waals surface area contributed by atoms with Crippen molar-refractivity contribution in [2.24, 2.45) is 0 Å². The summed E-state index contributed by atoms with van der Waals surface area (Å²) >= 11 is 5.31. The standard InChI is InChI=1S/C17H18N2O2S/c1-11-5-4-6-15(12(11)2)19-17(22)18-14-9-7-13(8-10-14)16(20)21-3/h4-10H,1-3H3,(H2,18,19,22). The first-order valence-corrected chi connectivity index (χ1v) is 7.24. The molecule has 2 aromatic carbocycles. The summed E-state index contributed by atoms with van der Waals surface area (Å²) in [6.07, 6.45) is 0. The maximum absolute atomic E-state index is 11.4. The smallest absolute Gasteiger partial charge is 0.337 e. The molecule has 114 valence electrons. The molecule has 0 heterocycles. The molecular formula is C17H18N2O2S. The van der Waals surface area contributed by atoms with Crippen LogP contribution in [0.5, 0.6) is 0 Å². The van der Waals surface area contributed by atoms with Gasteiger partial charge in [0.1, 0.15) is 0 Å². The number of nitrogens with one attached hydrogen (secondary N) is 2. The van der Waals surface area contributed by atoms with Gasteiger partial charge in [-0.2, -0.15) is 0 Å². The lowest BCUT2D eigenvalue weighted by molar-refractivity contribution is 0.0601. The number of rotatable bonds is 3. The topological polar surface area (TPSA) is 50.4 Å². The van der Waals surface area contributed by atoms with Gasteiger partial charge in [0.05, 0.1) is 12.7 Å². The zero-order valence-electron chi connectivity index (χ0n) is 12.8. The minimum atomic E-state index is -0.359. The maximum atomic E-state index is 11.4. The number of esters is 1. The molecule has 0 amide bonds. The summed E-state index contributed by atoms with van der Waals surface area (Å²) < 4.78 is 4.66. The predicted octanol–water partition coefficient (Wildman–Crippen LogP) is 3.90. The number of benzene rings is 2. The second kappa shape index (κ2) is 7.04. The number of hydrogen-bond acceptors (Lipinski definition) is 3. The average molecular weight is 314 g/mol. The fourth-order valence-corrected chi connectivity index (χ4v) is 2.21. The molecule has 0 fully saturated rings. The zero-order valence-corrected chi connectivity index (χ0v) is 13.6. The van der Waals surface area contributed by atoms with Crippen LogP contribution in [0.1, 0.15) is 21.5 Å². The van der Waals surface area contributed by atoms with Gasteiger partial charge in [0.15, 0.2) is 5.11 Å². The predicted molar refractivity (Wildman–Crippen MR) is 93.5 cm³/mol. The van der Waals surface area contributed by atoms with Crippen LogP contribution in [0.25, 0.3) is 0 Å². The molecule has 5 heteroatoms. The Morgan fingerprint density at radius 2 is 1.73 bits per heavy atom. The summed E-state index contributed by atoms with van der Waals surface area (Å²) in [4.78, 5) is 11.4. The third kappa shape index (κ3) is 3.83. The highest BCUT2D eigenvalue weighted by Gasteiger charge is 2.06. The number of hydrogen-bond donors (Lipinski definition) is 2. The van der Waals surface area contributed by atoms with Gasteiger partial charge in [0.25, 0.3) is 0 Å². The fraction of sp³-hybridized carbons (Fsp3) is 0.176. The van der Waals surface area contributed by atoms with Crippen LogP contribution in [0.2, 0.25) is 0 Å². The molecule has 0 saturated carbocycles. The molecule has 0 aliphatic heterocycles. The Morgan fingerprint density at radius 1 is 1.05 bits per heavy atom. The van der Waals surface area contributed by atoms with Gasteiger partial charge in [-0.05, 0) is 67.5 Å². The third-order valence-electron chi connectivity index (χ3n) is 3.42. The maximum Gasteiger partial charge on any atom is 0.337 e. The van der Waals surface area contributed by atoms with E-state index >= 15 is 0 Å². The van der Waals surface area contributed by atoms with Crippen molar-refractivity contribution in [2.75, 3.05) is 17.7 Å². The molecule has 2 aromatic rings. The first-order valence-electron chi connectivity index (χ1n) is 6.84. The molecule has 2 rings (SSSR count). The summed E-state index contributed by atoms with van der Waals surface area (Å²) in [5.41, 5.74) is 4.64. The summed E-state index contributed by atoms with van der Waals surface area (Å²) in [7, 11) is 1.36. The van der Waals surface area contributed by atoms with Gasteiger partial charge in [0.2, 0.25) is 0 Å². The zero-order chi connectivity index (χ0) is 16.1. The highest BCUT2D eigenvalue weighted by molar-refractivity contribution is 7.80. The second-order valence-corrected chi connectivity index (χ2v) is 5.30. The van der Waals surface area contributed by atoms with E-state index in [0.29, 0.717) is 10.7 Å². The number of carbonyl (C=O) groups is 1. The summed E-state index contributed by atoms with van der Waals surface area (Å²) in [5, 5.41) is 6.77. The van der Waals surface area contributed by atoms with E-state index in [1.165, 1.54) is 12.7 Å². The Labute approximate surface area is 135 Å². The van der Waals surface area contributed by atoms with Crippen LogP contribution in [0.15, 0.2) is 42.5 Å². The van der Waals surface area contributed by atoms with E-state index < -0.39 is 0 Å². The van der Waals surface area contributed by atoms with Crippen molar-refractivity contribution in [1.82, 2.24) is 0 Å². The van der Waals surface area contributed by atoms with E-state index in [-0.39, 0.29) is 5.97 Å². The van der Waals surface area contributed by atoms with Gasteiger partial charge in [-0.25, -0.2) is 4.79 Å². The third-order valence-corrected chi connectivity index (χ3v) is 3.62. The van der Waals surface area contributed by atoms with E-state index in [4.69, 9.17) is 12.2 Å². The second-order valence-electron chi connectivity index (χ2n) is 4.90. The number of aryl methyl sites for hydroxylation is 1. The van der Waals surface area contributed by atoms with Crippen molar-refractivity contribution < 1.29 is 9.53 Å². The first kappa shape index (κ1) is 16.0. The van der Waals surface area contributed by atoms with E-state index in [9.17, 15) is 4.79 Å². The van der Waals surface area contributed by atoms with Crippen LogP contribution >= 0.6 is 12.2 Å². The minimum absolute atomic E-state index is 0.359. The molecule has 0 bridgehead atoms. The number of anilines is 2. The molecular weight excluding hydrogens is 296 g/mol. The van der Waals surface area contributed by atoms with E-state index in [1.807, 2.05) is 19.1 Å². The quantitative estimate of drug-likeness (QED) is 0.665. The molecule has 4 nitrogen and oxygen atoms in total. The molecule has 0 atom stereocenters.